The Morgan fingerprint density at radius 3 is 1.15 bits per heavy atom. The van der Waals surface area contributed by atoms with Gasteiger partial charge >= 0.3 is 29.9 Å². The Balaban J connectivity index is 1.57. The van der Waals surface area contributed by atoms with Crippen molar-refractivity contribution in [2.24, 2.45) is 0 Å². The number of nitrogens with zero attached hydrogens (tertiary/aromatic N) is 2. The number of carbonyl (C=O) groups excluding carboxylic acids is 4. The molecule has 12 heteroatoms. The topological polar surface area (TPSA) is 130 Å². The lowest BCUT2D eigenvalue weighted by molar-refractivity contribution is -0.855. The van der Waals surface area contributed by atoms with Crippen molar-refractivity contribution in [2.75, 3.05) is 0 Å². The minimum Gasteiger partial charge on any atom is -0.427 e. The Bertz CT molecular complexity index is 1850. The third-order valence-electron chi connectivity index (χ3n) is 6.88. The largest absolute Gasteiger partial charge is 0.714 e. The van der Waals surface area contributed by atoms with Crippen molar-refractivity contribution >= 4 is 47.7 Å². The van der Waals surface area contributed by atoms with E-state index in [0.29, 0.717) is 45.5 Å². The summed E-state index contributed by atoms with van der Waals surface area (Å²) in [5.41, 5.74) is 2.41. The first-order chi connectivity index (χ1) is 22.5. The highest BCUT2D eigenvalue weighted by Gasteiger charge is 2.66. The van der Waals surface area contributed by atoms with Gasteiger partial charge in [0.05, 0.1) is 11.1 Å². The molecule has 0 bridgehead atoms. The molecule has 0 fully saturated rings. The van der Waals surface area contributed by atoms with Crippen LogP contribution in [0.15, 0.2) is 84.9 Å². The van der Waals surface area contributed by atoms with Crippen LogP contribution < -0.4 is 28.4 Å². The van der Waals surface area contributed by atoms with Crippen molar-refractivity contribution < 1.29 is 56.8 Å². The van der Waals surface area contributed by atoms with Gasteiger partial charge in [-0.25, -0.2) is 0 Å². The maximum atomic E-state index is 11.8. The summed E-state index contributed by atoms with van der Waals surface area (Å²) in [5.74, 6) is -0.0913. The fourth-order valence-corrected chi connectivity index (χ4v) is 5.10. The van der Waals surface area contributed by atoms with E-state index in [2.05, 4.69) is 0 Å². The first-order valence-corrected chi connectivity index (χ1v) is 14.4. The Hall–Kier alpha value is -6.30. The molecule has 47 heavy (non-hydrogen) atoms. The molecule has 2 heterocycles. The molecule has 4 aromatic carbocycles. The van der Waals surface area contributed by atoms with Gasteiger partial charge in [-0.3, -0.25) is 19.2 Å². The quantitative estimate of drug-likeness (QED) is 0.162. The van der Waals surface area contributed by atoms with E-state index in [1.807, 2.05) is 0 Å². The van der Waals surface area contributed by atoms with Gasteiger partial charge in [-0.2, -0.15) is 0 Å². The number of benzene rings is 4. The number of rotatable bonds is 6. The van der Waals surface area contributed by atoms with E-state index in [0.717, 1.165) is 0 Å². The van der Waals surface area contributed by atoms with Gasteiger partial charge in [0.2, 0.25) is 11.4 Å². The molecular formula is C35H28N2O10+2. The van der Waals surface area contributed by atoms with E-state index in [-0.39, 0.29) is 11.5 Å². The molecular weight excluding hydrogens is 608 g/mol. The van der Waals surface area contributed by atoms with Crippen LogP contribution in [0, 0.1) is 0 Å². The maximum Gasteiger partial charge on any atom is 0.714 e. The number of hydrogen-bond donors (Lipinski definition) is 0. The second kappa shape index (κ2) is 12.2. The lowest BCUT2D eigenvalue weighted by Crippen LogP contribution is -2.61. The van der Waals surface area contributed by atoms with Crippen LogP contribution in [0.1, 0.15) is 38.8 Å². The molecule has 0 aliphatic carbocycles. The van der Waals surface area contributed by atoms with Crippen molar-refractivity contribution in [1.29, 1.82) is 0 Å². The highest BCUT2D eigenvalue weighted by atomic mass is 16.7. The van der Waals surface area contributed by atoms with Crippen molar-refractivity contribution in [3.05, 3.63) is 96.1 Å². The van der Waals surface area contributed by atoms with E-state index in [4.69, 9.17) is 28.4 Å². The highest BCUT2D eigenvalue weighted by molar-refractivity contribution is 5.85. The molecule has 236 valence electrons. The van der Waals surface area contributed by atoms with E-state index in [1.165, 1.54) is 27.7 Å². The van der Waals surface area contributed by atoms with Gasteiger partial charge in [0.25, 0.3) is 0 Å². The second-order valence-corrected chi connectivity index (χ2v) is 10.5. The molecule has 0 atom stereocenters. The smallest absolute Gasteiger partial charge is 0.427 e. The minimum absolute atomic E-state index is 0.258. The minimum atomic E-state index is -1.82. The summed E-state index contributed by atoms with van der Waals surface area (Å²) in [6.07, 6.45) is 3.60. The molecule has 2 aliphatic rings. The molecule has 0 aromatic heterocycles. The first-order valence-electron chi connectivity index (χ1n) is 14.4. The van der Waals surface area contributed by atoms with E-state index in [1.54, 1.807) is 107 Å². The lowest BCUT2D eigenvalue weighted by Gasteiger charge is -2.31. The van der Waals surface area contributed by atoms with Crippen molar-refractivity contribution in [3.8, 4) is 34.5 Å². The third kappa shape index (κ3) is 6.43. The molecule has 12 nitrogen and oxygen atoms in total. The zero-order chi connectivity index (χ0) is 33.3. The normalized spacial score (nSPS) is 13.8. The Kier molecular flexibility index (Phi) is 8.00. The SMILES string of the molecule is CC(=O)Oc1ccc([N+]2=Cc3ccc(OC(C)=O)cc3OC23Oc2cc(OC(C)=O)ccc2C=[N+]3c2ccc(OC(C)=O)cc2)cc1. The van der Waals surface area contributed by atoms with Crippen LogP contribution in [-0.4, -0.2) is 51.5 Å². The number of esters is 4. The standard InChI is InChI=1S/C35H28N2O10/c1-21(38)42-29-13-7-27(8-14-29)36-19-25-5-11-31(44-23(3)40)17-33(25)46-35(36)37(28-9-15-30(16-10-28)43-22(2)39)20-26-6-12-32(45-24(4)41)18-34(26)47-35/h5-20H,1-4H3/q+2. The number of carbonyl (C=O) groups is 4. The number of ether oxygens (including phenoxy) is 6. The molecule has 2 aliphatic heterocycles. The zero-order valence-electron chi connectivity index (χ0n) is 25.7. The van der Waals surface area contributed by atoms with E-state index >= 15 is 0 Å². The average molecular weight is 637 g/mol. The molecule has 6 rings (SSSR count). The Morgan fingerprint density at radius 1 is 0.489 bits per heavy atom. The molecule has 0 unspecified atom stereocenters. The molecule has 0 N–H and O–H groups in total. The number of hydrogen-bond acceptors (Lipinski definition) is 10. The Labute approximate surface area is 268 Å². The number of fused-ring (bicyclic) bond motifs is 2. The summed E-state index contributed by atoms with van der Waals surface area (Å²) < 4.78 is 38.2. The van der Waals surface area contributed by atoms with Gasteiger partial charge in [0.1, 0.15) is 23.0 Å². The van der Waals surface area contributed by atoms with Gasteiger partial charge in [-0.05, 0) is 48.5 Å². The van der Waals surface area contributed by atoms with Crippen LogP contribution in [0.4, 0.5) is 11.4 Å². The van der Waals surface area contributed by atoms with Gasteiger partial charge in [0, 0.05) is 64.1 Å². The third-order valence-corrected chi connectivity index (χ3v) is 6.88. The van der Waals surface area contributed by atoms with Crippen LogP contribution in [0.2, 0.25) is 0 Å². The molecule has 0 saturated heterocycles. The zero-order valence-corrected chi connectivity index (χ0v) is 25.7. The summed E-state index contributed by atoms with van der Waals surface area (Å²) in [6.45, 7) is 5.22. The fraction of sp³-hybridized carbons (Fsp3) is 0.143. The fourth-order valence-electron chi connectivity index (χ4n) is 5.10. The maximum absolute atomic E-state index is 11.8. The van der Waals surface area contributed by atoms with Gasteiger partial charge < -0.3 is 28.4 Å². The average Bonchev–Trinajstić information content (AvgIpc) is 3.00. The summed E-state index contributed by atoms with van der Waals surface area (Å²) in [5, 5.41) is 0. The predicted octanol–water partition coefficient (Wildman–Crippen LogP) is 5.01. The monoisotopic (exact) mass is 636 g/mol. The Morgan fingerprint density at radius 2 is 0.809 bits per heavy atom. The lowest BCUT2D eigenvalue weighted by atomic mass is 10.1. The first kappa shape index (κ1) is 30.7. The van der Waals surface area contributed by atoms with Gasteiger partial charge in [-0.15, -0.1) is 0 Å². The van der Waals surface area contributed by atoms with Crippen LogP contribution in [0.25, 0.3) is 0 Å². The van der Waals surface area contributed by atoms with Crippen LogP contribution in [0.5, 0.6) is 34.5 Å². The van der Waals surface area contributed by atoms with E-state index < -0.39 is 29.9 Å². The van der Waals surface area contributed by atoms with Crippen molar-refractivity contribution in [3.63, 3.8) is 0 Å². The summed E-state index contributed by atoms with van der Waals surface area (Å²) >= 11 is 0. The molecule has 1 spiro atoms. The van der Waals surface area contributed by atoms with Crippen LogP contribution in [-0.2, 0) is 19.2 Å². The molecule has 0 radical (unpaired) electrons. The predicted molar refractivity (Wildman–Crippen MR) is 165 cm³/mol. The molecule has 4 aromatic rings. The van der Waals surface area contributed by atoms with Gasteiger partial charge in [0.15, 0.2) is 23.9 Å². The van der Waals surface area contributed by atoms with Crippen molar-refractivity contribution in [1.82, 2.24) is 0 Å². The summed E-state index contributed by atoms with van der Waals surface area (Å²) in [4.78, 5) is 46.7. The summed E-state index contributed by atoms with van der Waals surface area (Å²) in [7, 11) is 0. The second-order valence-electron chi connectivity index (χ2n) is 10.5. The molecule has 0 amide bonds. The summed E-state index contributed by atoms with van der Waals surface area (Å²) in [6, 6.07) is 21.5. The van der Waals surface area contributed by atoms with Gasteiger partial charge in [-0.1, -0.05) is 9.15 Å². The molecule has 0 saturated carbocycles. The van der Waals surface area contributed by atoms with Crippen LogP contribution >= 0.6 is 0 Å². The highest BCUT2D eigenvalue weighted by Crippen LogP contribution is 2.42. The van der Waals surface area contributed by atoms with Crippen LogP contribution in [0.3, 0.4) is 0 Å². The van der Waals surface area contributed by atoms with E-state index in [9.17, 15) is 19.2 Å². The van der Waals surface area contributed by atoms with Crippen molar-refractivity contribution in [2.45, 2.75) is 33.7 Å².